The first kappa shape index (κ1) is 21.7. The van der Waals surface area contributed by atoms with Crippen LogP contribution < -0.4 is 10.1 Å². The van der Waals surface area contributed by atoms with Gasteiger partial charge in [-0.25, -0.2) is 4.79 Å². The van der Waals surface area contributed by atoms with Crippen molar-refractivity contribution < 1.29 is 37.2 Å². The summed E-state index contributed by atoms with van der Waals surface area (Å²) < 4.78 is 44.8. The second-order valence-electron chi connectivity index (χ2n) is 5.86. The minimum atomic E-state index is -4.86. The van der Waals surface area contributed by atoms with Crippen LogP contribution in [-0.2, 0) is 9.53 Å². The van der Waals surface area contributed by atoms with Crippen molar-refractivity contribution in [2.75, 3.05) is 11.9 Å². The van der Waals surface area contributed by atoms with E-state index in [1.54, 1.807) is 13.8 Å². The Kier molecular flexibility index (Phi) is 6.42. The smallest absolute Gasteiger partial charge is 0.452 e. The van der Waals surface area contributed by atoms with Crippen LogP contribution in [0.4, 0.5) is 24.5 Å². The molecule has 2 aromatic rings. The Morgan fingerprint density at radius 1 is 1.10 bits per heavy atom. The van der Waals surface area contributed by atoms with Gasteiger partial charge in [-0.15, -0.1) is 13.2 Å². The summed E-state index contributed by atoms with van der Waals surface area (Å²) in [7, 11) is 0. The minimum Gasteiger partial charge on any atom is -0.452 e. The number of rotatable bonds is 6. The number of amides is 1. The summed E-state index contributed by atoms with van der Waals surface area (Å²) in [5, 5.41) is 13.5. The quantitative estimate of drug-likeness (QED) is 0.438. The van der Waals surface area contributed by atoms with Crippen LogP contribution in [0.25, 0.3) is 0 Å². The molecule has 2 aromatic carbocycles. The standard InChI is InChI=1S/C18H15F3N2O6/c1-10-3-8-14(23(26)27)16(11(10)2)22-15(24)9-28-17(25)12-4-6-13(7-5-12)29-18(19,20)21/h3-8H,9H2,1-2H3,(H,22,24). The monoisotopic (exact) mass is 412 g/mol. The third-order valence-corrected chi connectivity index (χ3v) is 3.83. The number of nitro benzene ring substituents is 1. The van der Waals surface area contributed by atoms with Gasteiger partial charge < -0.3 is 14.8 Å². The van der Waals surface area contributed by atoms with E-state index in [1.807, 2.05) is 0 Å². The lowest BCUT2D eigenvalue weighted by molar-refractivity contribution is -0.384. The van der Waals surface area contributed by atoms with E-state index in [0.29, 0.717) is 11.1 Å². The molecule has 0 atom stereocenters. The molecule has 0 aliphatic heterocycles. The third-order valence-electron chi connectivity index (χ3n) is 3.83. The van der Waals surface area contributed by atoms with Gasteiger partial charge in [-0.3, -0.25) is 14.9 Å². The number of ether oxygens (including phenoxy) is 2. The number of aryl methyl sites for hydroxylation is 1. The average molecular weight is 412 g/mol. The molecule has 0 fully saturated rings. The Bertz CT molecular complexity index is 942. The Labute approximate surface area is 162 Å². The van der Waals surface area contributed by atoms with Gasteiger partial charge in [-0.2, -0.15) is 0 Å². The zero-order chi connectivity index (χ0) is 21.8. The summed E-state index contributed by atoms with van der Waals surface area (Å²) in [6, 6.07) is 6.70. The zero-order valence-corrected chi connectivity index (χ0v) is 15.2. The van der Waals surface area contributed by atoms with Gasteiger partial charge >= 0.3 is 12.3 Å². The van der Waals surface area contributed by atoms with E-state index in [0.717, 1.165) is 24.3 Å². The van der Waals surface area contributed by atoms with Crippen LogP contribution >= 0.6 is 0 Å². The normalized spacial score (nSPS) is 10.9. The Morgan fingerprint density at radius 3 is 2.28 bits per heavy atom. The predicted octanol–water partition coefficient (Wildman–Crippen LogP) is 3.91. The molecule has 29 heavy (non-hydrogen) atoms. The predicted molar refractivity (Wildman–Crippen MR) is 94.6 cm³/mol. The average Bonchev–Trinajstić information content (AvgIpc) is 2.62. The molecule has 11 heteroatoms. The number of nitrogens with zero attached hydrogens (tertiary/aromatic N) is 1. The minimum absolute atomic E-state index is 0.00954. The van der Waals surface area contributed by atoms with E-state index in [2.05, 4.69) is 10.1 Å². The van der Waals surface area contributed by atoms with Gasteiger partial charge in [0.25, 0.3) is 11.6 Å². The van der Waals surface area contributed by atoms with Crippen molar-refractivity contribution in [3.63, 3.8) is 0 Å². The van der Waals surface area contributed by atoms with Gasteiger partial charge in [0.15, 0.2) is 6.61 Å². The van der Waals surface area contributed by atoms with Crippen LogP contribution in [0.3, 0.4) is 0 Å². The van der Waals surface area contributed by atoms with Crippen LogP contribution in [0.15, 0.2) is 36.4 Å². The highest BCUT2D eigenvalue weighted by atomic mass is 19.4. The van der Waals surface area contributed by atoms with Crippen molar-refractivity contribution in [3.8, 4) is 5.75 Å². The largest absolute Gasteiger partial charge is 0.573 e. The third kappa shape index (κ3) is 5.92. The molecule has 2 rings (SSSR count). The lowest BCUT2D eigenvalue weighted by Crippen LogP contribution is -2.22. The topological polar surface area (TPSA) is 108 Å². The van der Waals surface area contributed by atoms with Gasteiger partial charge in [0.05, 0.1) is 10.5 Å². The maximum absolute atomic E-state index is 12.1. The van der Waals surface area contributed by atoms with E-state index in [-0.39, 0.29) is 16.9 Å². The summed E-state index contributed by atoms with van der Waals surface area (Å²) in [4.78, 5) is 34.4. The van der Waals surface area contributed by atoms with Crippen LogP contribution in [0, 0.1) is 24.0 Å². The van der Waals surface area contributed by atoms with Crippen LogP contribution in [0.5, 0.6) is 5.75 Å². The maximum atomic E-state index is 12.1. The number of nitrogens with one attached hydrogen (secondary N) is 1. The fraction of sp³-hybridized carbons (Fsp3) is 0.222. The van der Waals surface area contributed by atoms with Crippen molar-refractivity contribution in [2.24, 2.45) is 0 Å². The first-order chi connectivity index (χ1) is 13.5. The van der Waals surface area contributed by atoms with Crippen molar-refractivity contribution in [1.29, 1.82) is 0 Å². The van der Waals surface area contributed by atoms with Crippen molar-refractivity contribution in [2.45, 2.75) is 20.2 Å². The molecule has 0 aromatic heterocycles. The molecule has 0 unspecified atom stereocenters. The highest BCUT2D eigenvalue weighted by Gasteiger charge is 2.31. The molecule has 0 saturated carbocycles. The first-order valence-electron chi connectivity index (χ1n) is 8.05. The van der Waals surface area contributed by atoms with E-state index in [4.69, 9.17) is 4.74 Å². The Hall–Kier alpha value is -3.63. The van der Waals surface area contributed by atoms with Gasteiger partial charge in [-0.05, 0) is 49.2 Å². The van der Waals surface area contributed by atoms with Crippen molar-refractivity contribution in [3.05, 3.63) is 63.2 Å². The van der Waals surface area contributed by atoms with Crippen molar-refractivity contribution >= 4 is 23.3 Å². The Morgan fingerprint density at radius 2 is 1.72 bits per heavy atom. The molecule has 8 nitrogen and oxygen atoms in total. The summed E-state index contributed by atoms with van der Waals surface area (Å²) >= 11 is 0. The molecule has 0 bridgehead atoms. The number of hydrogen-bond acceptors (Lipinski definition) is 6. The first-order valence-corrected chi connectivity index (χ1v) is 8.05. The molecule has 154 valence electrons. The molecular formula is C18H15F3N2O6. The number of benzene rings is 2. The SMILES string of the molecule is Cc1ccc([N+](=O)[O-])c(NC(=O)COC(=O)c2ccc(OC(F)(F)F)cc2)c1C. The molecule has 0 aliphatic carbocycles. The highest BCUT2D eigenvalue weighted by Crippen LogP contribution is 2.30. The van der Waals surface area contributed by atoms with Crippen LogP contribution in [0.1, 0.15) is 21.5 Å². The lowest BCUT2D eigenvalue weighted by atomic mass is 10.1. The maximum Gasteiger partial charge on any atom is 0.573 e. The van der Waals surface area contributed by atoms with Gasteiger partial charge in [0, 0.05) is 6.07 Å². The number of esters is 1. The number of hydrogen-bond donors (Lipinski definition) is 1. The molecule has 0 spiro atoms. The summed E-state index contributed by atoms with van der Waals surface area (Å²) in [6.45, 7) is 2.56. The number of carbonyl (C=O) groups is 2. The fourth-order valence-electron chi connectivity index (χ4n) is 2.29. The summed E-state index contributed by atoms with van der Waals surface area (Å²) in [5.41, 5.74) is 0.769. The second kappa shape index (κ2) is 8.59. The van der Waals surface area contributed by atoms with Gasteiger partial charge in [0.1, 0.15) is 11.4 Å². The van der Waals surface area contributed by atoms with Gasteiger partial charge in [0.2, 0.25) is 0 Å². The van der Waals surface area contributed by atoms with E-state index in [1.165, 1.54) is 12.1 Å². The summed E-state index contributed by atoms with van der Waals surface area (Å²) in [5.74, 6) is -2.30. The number of anilines is 1. The summed E-state index contributed by atoms with van der Waals surface area (Å²) in [6.07, 6.45) is -4.86. The molecule has 1 amide bonds. The number of carbonyl (C=O) groups excluding carboxylic acids is 2. The van der Waals surface area contributed by atoms with Crippen LogP contribution in [-0.4, -0.2) is 29.8 Å². The molecule has 1 N–H and O–H groups in total. The molecular weight excluding hydrogens is 397 g/mol. The number of alkyl halides is 3. The molecule has 0 radical (unpaired) electrons. The highest BCUT2D eigenvalue weighted by molar-refractivity contribution is 5.97. The van der Waals surface area contributed by atoms with Gasteiger partial charge in [-0.1, -0.05) is 6.07 Å². The lowest BCUT2D eigenvalue weighted by Gasteiger charge is -2.11. The molecule has 0 heterocycles. The number of nitro groups is 1. The van der Waals surface area contributed by atoms with E-state index in [9.17, 15) is 32.9 Å². The number of halogens is 3. The fourth-order valence-corrected chi connectivity index (χ4v) is 2.29. The Balaban J connectivity index is 2.00. The zero-order valence-electron chi connectivity index (χ0n) is 15.2. The molecule has 0 aliphatic rings. The van der Waals surface area contributed by atoms with Crippen molar-refractivity contribution in [1.82, 2.24) is 0 Å². The van der Waals surface area contributed by atoms with Crippen LogP contribution in [0.2, 0.25) is 0 Å². The second-order valence-corrected chi connectivity index (χ2v) is 5.86. The molecule has 0 saturated heterocycles. The van der Waals surface area contributed by atoms with E-state index < -0.39 is 35.5 Å². The van der Waals surface area contributed by atoms with E-state index >= 15 is 0 Å².